The van der Waals surface area contributed by atoms with Gasteiger partial charge in [-0.15, -0.1) is 0 Å². The molecular weight excluding hydrogens is 366 g/mol. The maximum Gasteiger partial charge on any atom is 0.188 e. The van der Waals surface area contributed by atoms with Gasteiger partial charge in [-0.05, 0) is 41.8 Å². The Hall–Kier alpha value is -2.44. The first-order valence-electron chi connectivity index (χ1n) is 8.60. The van der Waals surface area contributed by atoms with Crippen LogP contribution in [0, 0.1) is 0 Å². The summed E-state index contributed by atoms with van der Waals surface area (Å²) in [7, 11) is 4.88. The molecule has 2 aromatic carbocycles. The van der Waals surface area contributed by atoms with Gasteiger partial charge in [-0.25, -0.2) is 0 Å². The van der Waals surface area contributed by atoms with Crippen molar-refractivity contribution in [3.8, 4) is 11.5 Å². The molecule has 0 saturated carbocycles. The maximum absolute atomic E-state index is 6.03. The number of nitrogens with one attached hydrogen (secondary N) is 1. The fourth-order valence-corrected chi connectivity index (χ4v) is 2.83. The van der Waals surface area contributed by atoms with Crippen molar-refractivity contribution >= 4 is 17.6 Å². The molecule has 0 bridgehead atoms. The van der Waals surface area contributed by atoms with Crippen LogP contribution in [0.4, 0.5) is 0 Å². The van der Waals surface area contributed by atoms with Gasteiger partial charge in [0.1, 0.15) is 6.10 Å². The van der Waals surface area contributed by atoms with Crippen LogP contribution in [0.25, 0.3) is 0 Å². The molecule has 6 nitrogen and oxygen atoms in total. The van der Waals surface area contributed by atoms with Crippen LogP contribution < -0.4 is 20.5 Å². The highest BCUT2D eigenvalue weighted by Crippen LogP contribution is 2.27. The van der Waals surface area contributed by atoms with Gasteiger partial charge in [0.2, 0.25) is 0 Å². The summed E-state index contributed by atoms with van der Waals surface area (Å²) in [5.41, 5.74) is 8.04. The van der Waals surface area contributed by atoms with E-state index in [4.69, 9.17) is 31.5 Å². The number of hydrogen-bond donors (Lipinski definition) is 2. The van der Waals surface area contributed by atoms with E-state index in [1.807, 2.05) is 42.5 Å². The maximum atomic E-state index is 6.03. The van der Waals surface area contributed by atoms with Gasteiger partial charge in [-0.1, -0.05) is 29.8 Å². The van der Waals surface area contributed by atoms with Gasteiger partial charge in [0.05, 0.1) is 20.8 Å². The lowest BCUT2D eigenvalue weighted by atomic mass is 10.1. The minimum atomic E-state index is -0.199. The molecule has 0 saturated heterocycles. The third-order valence-corrected chi connectivity index (χ3v) is 4.34. The minimum absolute atomic E-state index is 0.199. The Bertz CT molecular complexity index is 768. The molecule has 0 fully saturated rings. The molecule has 0 amide bonds. The van der Waals surface area contributed by atoms with Crippen LogP contribution in [-0.2, 0) is 11.2 Å². The van der Waals surface area contributed by atoms with Crippen LogP contribution >= 0.6 is 11.6 Å². The highest BCUT2D eigenvalue weighted by atomic mass is 35.5. The summed E-state index contributed by atoms with van der Waals surface area (Å²) in [5, 5.41) is 3.78. The molecular formula is C20H26ClN3O3. The Morgan fingerprint density at radius 2 is 1.89 bits per heavy atom. The first kappa shape index (κ1) is 20.9. The largest absolute Gasteiger partial charge is 0.493 e. The number of nitrogens with zero attached hydrogens (tertiary/aromatic N) is 1. The summed E-state index contributed by atoms with van der Waals surface area (Å²) in [6.45, 7) is 1.06. The average molecular weight is 392 g/mol. The molecule has 0 spiro atoms. The van der Waals surface area contributed by atoms with Crippen molar-refractivity contribution in [2.24, 2.45) is 10.7 Å². The second kappa shape index (κ2) is 10.6. The first-order chi connectivity index (χ1) is 13.1. The third kappa shape index (κ3) is 6.34. The first-order valence-corrected chi connectivity index (χ1v) is 8.98. The van der Waals surface area contributed by atoms with E-state index < -0.39 is 0 Å². The van der Waals surface area contributed by atoms with Gasteiger partial charge in [-0.3, -0.25) is 4.99 Å². The van der Waals surface area contributed by atoms with Gasteiger partial charge in [0.15, 0.2) is 17.5 Å². The van der Waals surface area contributed by atoms with E-state index in [0.717, 1.165) is 17.5 Å². The predicted octanol–water partition coefficient (Wildman–Crippen LogP) is 3.19. The van der Waals surface area contributed by atoms with Crippen molar-refractivity contribution in [1.29, 1.82) is 0 Å². The summed E-state index contributed by atoms with van der Waals surface area (Å²) >= 11 is 6.03. The fourth-order valence-electron chi connectivity index (χ4n) is 2.63. The molecule has 0 aliphatic heterocycles. The molecule has 0 radical (unpaired) electrons. The predicted molar refractivity (Wildman–Crippen MR) is 109 cm³/mol. The molecule has 0 aromatic heterocycles. The highest BCUT2D eigenvalue weighted by molar-refractivity contribution is 6.30. The second-order valence-electron chi connectivity index (χ2n) is 5.87. The van der Waals surface area contributed by atoms with Crippen LogP contribution in [0.3, 0.4) is 0 Å². The fraction of sp³-hybridized carbons (Fsp3) is 0.350. The Balaban J connectivity index is 1.86. The smallest absolute Gasteiger partial charge is 0.188 e. The number of benzene rings is 2. The number of nitrogens with two attached hydrogens (primary N) is 1. The van der Waals surface area contributed by atoms with Gasteiger partial charge >= 0.3 is 0 Å². The van der Waals surface area contributed by atoms with Crippen LogP contribution in [0.5, 0.6) is 11.5 Å². The number of ether oxygens (including phenoxy) is 3. The number of methoxy groups -OCH3 is 3. The van der Waals surface area contributed by atoms with Crippen LogP contribution in [-0.4, -0.2) is 40.4 Å². The third-order valence-electron chi connectivity index (χ3n) is 4.10. The Labute approximate surface area is 165 Å². The number of hydrogen-bond acceptors (Lipinski definition) is 4. The zero-order valence-corrected chi connectivity index (χ0v) is 16.6. The molecule has 27 heavy (non-hydrogen) atoms. The topological polar surface area (TPSA) is 78.1 Å². The summed E-state index contributed by atoms with van der Waals surface area (Å²) in [5.74, 6) is 1.79. The Morgan fingerprint density at radius 1 is 1.11 bits per heavy atom. The molecule has 0 heterocycles. The van der Waals surface area contributed by atoms with Crippen molar-refractivity contribution in [1.82, 2.24) is 5.32 Å². The average Bonchev–Trinajstić information content (AvgIpc) is 2.68. The standard InChI is InChI=1S/C20H26ClN3O3/c1-25-17-8-7-14(11-18(17)26-2)9-10-23-20(22)24-13-19(27-3)15-5-4-6-16(21)12-15/h4-8,11-12,19H,9-10,13H2,1-3H3,(H3,22,23,24). The van der Waals surface area contributed by atoms with Gasteiger partial charge in [0, 0.05) is 18.7 Å². The minimum Gasteiger partial charge on any atom is -0.493 e. The van der Waals surface area contributed by atoms with Crippen LogP contribution in [0.2, 0.25) is 5.02 Å². The monoisotopic (exact) mass is 391 g/mol. The lowest BCUT2D eigenvalue weighted by Crippen LogP contribution is -2.33. The summed E-state index contributed by atoms with van der Waals surface area (Å²) in [4.78, 5) is 4.36. The van der Waals surface area contributed by atoms with Crippen molar-refractivity contribution in [3.63, 3.8) is 0 Å². The molecule has 1 atom stereocenters. The van der Waals surface area contributed by atoms with Gasteiger partial charge in [-0.2, -0.15) is 0 Å². The molecule has 3 N–H and O–H groups in total. The number of guanidine groups is 1. The van der Waals surface area contributed by atoms with Crippen molar-refractivity contribution < 1.29 is 14.2 Å². The van der Waals surface area contributed by atoms with E-state index in [9.17, 15) is 0 Å². The van der Waals surface area contributed by atoms with Crippen LogP contribution in [0.15, 0.2) is 47.5 Å². The summed E-state index contributed by atoms with van der Waals surface area (Å²) in [6, 6.07) is 13.4. The zero-order chi connectivity index (χ0) is 19.6. The number of aliphatic imine (C=N–C) groups is 1. The van der Waals surface area contributed by atoms with E-state index in [1.165, 1.54) is 0 Å². The molecule has 7 heteroatoms. The van der Waals surface area contributed by atoms with E-state index >= 15 is 0 Å². The Kier molecular flexibility index (Phi) is 8.23. The van der Waals surface area contributed by atoms with E-state index in [0.29, 0.717) is 35.6 Å². The van der Waals surface area contributed by atoms with Gasteiger partial charge < -0.3 is 25.3 Å². The summed E-state index contributed by atoms with van der Waals surface area (Å²) in [6.07, 6.45) is 0.577. The molecule has 146 valence electrons. The van der Waals surface area contributed by atoms with E-state index in [2.05, 4.69) is 10.3 Å². The number of halogens is 1. The van der Waals surface area contributed by atoms with Crippen LogP contribution in [0.1, 0.15) is 17.2 Å². The van der Waals surface area contributed by atoms with E-state index in [1.54, 1.807) is 21.3 Å². The second-order valence-corrected chi connectivity index (χ2v) is 6.31. The van der Waals surface area contributed by atoms with E-state index in [-0.39, 0.29) is 6.10 Å². The molecule has 0 aliphatic rings. The quantitative estimate of drug-likeness (QED) is 0.507. The Morgan fingerprint density at radius 3 is 2.56 bits per heavy atom. The lowest BCUT2D eigenvalue weighted by molar-refractivity contribution is 0.111. The molecule has 0 aliphatic carbocycles. The molecule has 2 rings (SSSR count). The number of rotatable bonds is 9. The molecule has 2 aromatic rings. The zero-order valence-electron chi connectivity index (χ0n) is 15.9. The highest BCUT2D eigenvalue weighted by Gasteiger charge is 2.10. The van der Waals surface area contributed by atoms with Crippen molar-refractivity contribution in [2.45, 2.75) is 12.5 Å². The van der Waals surface area contributed by atoms with Gasteiger partial charge in [0.25, 0.3) is 0 Å². The normalized spacial score (nSPS) is 12.5. The SMILES string of the molecule is COc1ccc(CCNC(N)=NCC(OC)c2cccc(Cl)c2)cc1OC. The molecule has 1 unspecified atom stereocenters. The van der Waals surface area contributed by atoms with Crippen molar-refractivity contribution in [3.05, 3.63) is 58.6 Å². The summed E-state index contributed by atoms with van der Waals surface area (Å²) < 4.78 is 16.0. The lowest BCUT2D eigenvalue weighted by Gasteiger charge is -2.14. The van der Waals surface area contributed by atoms with Crippen molar-refractivity contribution in [2.75, 3.05) is 34.4 Å².